The first kappa shape index (κ1) is 23.8. The molecule has 1 aromatic carbocycles. The second-order valence-corrected chi connectivity index (χ2v) is 10.1. The highest BCUT2D eigenvalue weighted by Gasteiger charge is 2.31. The quantitative estimate of drug-likeness (QED) is 0.661. The number of aliphatic hydroxyl groups excluding tert-OH is 1. The molecular formula is C27H35N5O3. The van der Waals surface area contributed by atoms with Crippen molar-refractivity contribution in [3.8, 4) is 0 Å². The van der Waals surface area contributed by atoms with Gasteiger partial charge >= 0.3 is 6.03 Å². The second kappa shape index (κ2) is 10.3. The van der Waals surface area contributed by atoms with Crippen LogP contribution in [0, 0.1) is 0 Å². The molecule has 2 atom stereocenters. The number of pyridine rings is 1. The van der Waals surface area contributed by atoms with Crippen molar-refractivity contribution in [3.63, 3.8) is 0 Å². The summed E-state index contributed by atoms with van der Waals surface area (Å²) in [5, 5.41) is 10.7. The number of aromatic nitrogens is 1. The highest BCUT2D eigenvalue weighted by molar-refractivity contribution is 5.76. The number of aliphatic hydroxyl groups is 1. The normalized spacial score (nSPS) is 21.5. The van der Waals surface area contributed by atoms with Crippen molar-refractivity contribution < 1.29 is 14.7 Å². The Hall–Kier alpha value is -2.97. The molecular weight excluding hydrogens is 442 g/mol. The molecule has 5 rings (SSSR count). The molecule has 35 heavy (non-hydrogen) atoms. The largest absolute Gasteiger partial charge is 0.390 e. The molecule has 2 unspecified atom stereocenters. The number of carbonyl (C=O) groups is 2. The van der Waals surface area contributed by atoms with E-state index in [1.54, 1.807) is 16.7 Å². The van der Waals surface area contributed by atoms with Crippen LogP contribution in [0.4, 0.5) is 4.79 Å². The Morgan fingerprint density at radius 3 is 2.60 bits per heavy atom. The number of carbonyl (C=O) groups excluding carboxylic acids is 2. The topological polar surface area (TPSA) is 80.2 Å². The fourth-order valence-corrected chi connectivity index (χ4v) is 5.55. The maximum absolute atomic E-state index is 12.9. The van der Waals surface area contributed by atoms with Crippen molar-refractivity contribution in [1.82, 2.24) is 24.6 Å². The second-order valence-electron chi connectivity index (χ2n) is 10.1. The molecule has 3 amide bonds. The van der Waals surface area contributed by atoms with Crippen LogP contribution in [0.5, 0.6) is 0 Å². The van der Waals surface area contributed by atoms with E-state index >= 15 is 0 Å². The predicted molar refractivity (Wildman–Crippen MR) is 133 cm³/mol. The van der Waals surface area contributed by atoms with Gasteiger partial charge in [-0.1, -0.05) is 30.3 Å². The first-order chi connectivity index (χ1) is 17.0. The minimum absolute atomic E-state index is 0.0354. The summed E-state index contributed by atoms with van der Waals surface area (Å²) in [4.78, 5) is 36.8. The summed E-state index contributed by atoms with van der Waals surface area (Å²) < 4.78 is 0. The van der Waals surface area contributed by atoms with E-state index in [1.165, 1.54) is 11.1 Å². The lowest BCUT2D eigenvalue weighted by Crippen LogP contribution is -2.43. The van der Waals surface area contributed by atoms with Gasteiger partial charge < -0.3 is 19.8 Å². The number of amides is 3. The number of nitrogens with zero attached hydrogens (tertiary/aromatic N) is 5. The summed E-state index contributed by atoms with van der Waals surface area (Å²) in [6, 6.07) is 12.5. The summed E-state index contributed by atoms with van der Waals surface area (Å²) >= 11 is 0. The van der Waals surface area contributed by atoms with Crippen molar-refractivity contribution in [2.75, 3.05) is 45.8 Å². The summed E-state index contributed by atoms with van der Waals surface area (Å²) in [6.45, 7) is 7.62. The van der Waals surface area contributed by atoms with Crippen LogP contribution in [0.25, 0.3) is 0 Å². The minimum atomic E-state index is -0.567. The fourth-order valence-electron chi connectivity index (χ4n) is 5.55. The monoisotopic (exact) mass is 477 g/mol. The number of urea groups is 1. The first-order valence-electron chi connectivity index (χ1n) is 12.7. The lowest BCUT2D eigenvalue weighted by molar-refractivity contribution is -0.127. The maximum Gasteiger partial charge on any atom is 0.320 e. The Labute approximate surface area is 207 Å². The molecule has 186 valence electrons. The average molecular weight is 478 g/mol. The molecule has 1 aromatic heterocycles. The van der Waals surface area contributed by atoms with Gasteiger partial charge in [0.15, 0.2) is 0 Å². The molecule has 0 aliphatic carbocycles. The van der Waals surface area contributed by atoms with Gasteiger partial charge in [0.05, 0.1) is 18.3 Å². The molecule has 2 fully saturated rings. The van der Waals surface area contributed by atoms with Gasteiger partial charge in [-0.15, -0.1) is 0 Å². The molecule has 0 spiro atoms. The molecule has 3 aliphatic heterocycles. The van der Waals surface area contributed by atoms with E-state index in [0.717, 1.165) is 50.3 Å². The summed E-state index contributed by atoms with van der Waals surface area (Å²) in [7, 11) is 0. The fraction of sp³-hybridized carbons (Fsp3) is 0.519. The highest BCUT2D eigenvalue weighted by Crippen LogP contribution is 2.27. The van der Waals surface area contributed by atoms with E-state index in [-0.39, 0.29) is 11.9 Å². The van der Waals surface area contributed by atoms with Gasteiger partial charge in [-0.3, -0.25) is 14.7 Å². The van der Waals surface area contributed by atoms with Crippen LogP contribution in [0.3, 0.4) is 0 Å². The summed E-state index contributed by atoms with van der Waals surface area (Å²) in [6.07, 6.45) is 3.29. The lowest BCUT2D eigenvalue weighted by atomic mass is 10.00. The van der Waals surface area contributed by atoms with Crippen molar-refractivity contribution in [3.05, 3.63) is 65.0 Å². The number of hydrogen-bond acceptors (Lipinski definition) is 5. The third kappa shape index (κ3) is 5.49. The Morgan fingerprint density at radius 2 is 1.86 bits per heavy atom. The third-order valence-electron chi connectivity index (χ3n) is 7.60. The minimum Gasteiger partial charge on any atom is -0.390 e. The number of β-amino-alcohol motifs (C(OH)–C–C–N with tert-alkyl or cyclic N) is 1. The van der Waals surface area contributed by atoms with Crippen LogP contribution in [0.1, 0.15) is 41.6 Å². The number of hydrogen-bond donors (Lipinski definition) is 1. The van der Waals surface area contributed by atoms with Crippen molar-refractivity contribution in [2.45, 2.75) is 44.9 Å². The van der Waals surface area contributed by atoms with Crippen molar-refractivity contribution in [2.24, 2.45) is 0 Å². The van der Waals surface area contributed by atoms with Gasteiger partial charge in [0.1, 0.15) is 0 Å². The number of benzene rings is 1. The van der Waals surface area contributed by atoms with Gasteiger partial charge in [-0.2, -0.15) is 0 Å². The Kier molecular flexibility index (Phi) is 7.02. The van der Waals surface area contributed by atoms with E-state index in [4.69, 9.17) is 0 Å². The molecule has 2 saturated heterocycles. The van der Waals surface area contributed by atoms with Crippen LogP contribution in [0.2, 0.25) is 0 Å². The zero-order chi connectivity index (χ0) is 24.4. The van der Waals surface area contributed by atoms with Gasteiger partial charge in [-0.25, -0.2) is 4.79 Å². The molecule has 1 N–H and O–H groups in total. The summed E-state index contributed by atoms with van der Waals surface area (Å²) in [5.74, 6) is 0.458. The van der Waals surface area contributed by atoms with E-state index in [9.17, 15) is 14.7 Å². The molecule has 2 aromatic rings. The van der Waals surface area contributed by atoms with Crippen LogP contribution in [-0.4, -0.2) is 93.5 Å². The maximum atomic E-state index is 12.9. The Balaban J connectivity index is 1.09. The SMILES string of the molecule is CC(=O)N1CCC(c2ccc(CN3CCN(CC(O)CN4CCc5ccccc5C4)C3=O)nc2)C1. The molecule has 8 nitrogen and oxygen atoms in total. The van der Waals surface area contributed by atoms with Crippen molar-refractivity contribution >= 4 is 11.9 Å². The zero-order valence-electron chi connectivity index (χ0n) is 20.5. The molecule has 0 bridgehead atoms. The van der Waals surface area contributed by atoms with Gasteiger partial charge in [0.25, 0.3) is 0 Å². The summed E-state index contributed by atoms with van der Waals surface area (Å²) in [5.41, 5.74) is 4.73. The highest BCUT2D eigenvalue weighted by atomic mass is 16.3. The van der Waals surface area contributed by atoms with Gasteiger partial charge in [0.2, 0.25) is 5.91 Å². The number of rotatable bonds is 7. The van der Waals surface area contributed by atoms with Crippen molar-refractivity contribution in [1.29, 1.82) is 0 Å². The van der Waals surface area contributed by atoms with Crippen LogP contribution in [0.15, 0.2) is 42.6 Å². The zero-order valence-corrected chi connectivity index (χ0v) is 20.5. The van der Waals surface area contributed by atoms with Gasteiger partial charge in [-0.05, 0) is 35.6 Å². The van der Waals surface area contributed by atoms with Crippen LogP contribution < -0.4 is 0 Å². The van der Waals surface area contributed by atoms with Gasteiger partial charge in [0, 0.05) is 71.4 Å². The average Bonchev–Trinajstić information content (AvgIpc) is 3.48. The van der Waals surface area contributed by atoms with Crippen LogP contribution in [-0.2, 0) is 24.3 Å². The predicted octanol–water partition coefficient (Wildman–Crippen LogP) is 2.07. The number of likely N-dealkylation sites (tertiary alicyclic amines) is 1. The third-order valence-corrected chi connectivity index (χ3v) is 7.60. The van der Waals surface area contributed by atoms with E-state index in [1.807, 2.05) is 17.2 Å². The number of fused-ring (bicyclic) bond motifs is 1. The molecule has 8 heteroatoms. The molecule has 0 saturated carbocycles. The molecule has 3 aliphatic rings. The Bertz CT molecular complexity index is 1060. The molecule has 0 radical (unpaired) electrons. The smallest absolute Gasteiger partial charge is 0.320 e. The van der Waals surface area contributed by atoms with E-state index in [2.05, 4.69) is 40.2 Å². The lowest BCUT2D eigenvalue weighted by Gasteiger charge is -2.31. The van der Waals surface area contributed by atoms with Crippen LogP contribution >= 0.6 is 0 Å². The molecule has 4 heterocycles. The first-order valence-corrected chi connectivity index (χ1v) is 12.7. The Morgan fingerprint density at radius 1 is 1.06 bits per heavy atom. The van der Waals surface area contributed by atoms with E-state index < -0.39 is 6.10 Å². The standard InChI is InChI=1S/C27H35N5O3/c1-20(33)30-11-9-24(16-30)22-6-7-25(28-14-22)17-31-12-13-32(27(31)35)19-26(34)18-29-10-8-21-4-2-3-5-23(21)15-29/h2-7,14,24,26,34H,8-13,15-19H2,1H3. The van der Waals surface area contributed by atoms with E-state index in [0.29, 0.717) is 38.6 Å².